The summed E-state index contributed by atoms with van der Waals surface area (Å²) in [5, 5.41) is 2.61. The van der Waals surface area contributed by atoms with Gasteiger partial charge in [-0.1, -0.05) is 6.92 Å². The van der Waals surface area contributed by atoms with Crippen LogP contribution < -0.4 is 5.32 Å². The van der Waals surface area contributed by atoms with Gasteiger partial charge in [-0.15, -0.1) is 0 Å². The van der Waals surface area contributed by atoms with E-state index in [0.717, 1.165) is 25.8 Å². The molecule has 1 saturated heterocycles. The van der Waals surface area contributed by atoms with Gasteiger partial charge in [0.2, 0.25) is 11.8 Å². The van der Waals surface area contributed by atoms with Crippen molar-refractivity contribution in [1.82, 2.24) is 10.2 Å². The topological polar surface area (TPSA) is 49.4 Å². The highest BCUT2D eigenvalue weighted by atomic mass is 16.2. The van der Waals surface area contributed by atoms with Crippen molar-refractivity contribution < 1.29 is 9.59 Å². The Morgan fingerprint density at radius 3 is 2.71 bits per heavy atom. The van der Waals surface area contributed by atoms with Crippen molar-refractivity contribution >= 4 is 11.8 Å². The van der Waals surface area contributed by atoms with Crippen LogP contribution in [0.4, 0.5) is 0 Å². The SMILES string of the molecule is CCC(=O)N1CCCCC1C(=O)NC. The van der Waals surface area contributed by atoms with E-state index in [9.17, 15) is 9.59 Å². The maximum absolute atomic E-state index is 11.5. The zero-order chi connectivity index (χ0) is 10.6. The lowest BCUT2D eigenvalue weighted by Gasteiger charge is -2.34. The van der Waals surface area contributed by atoms with E-state index in [0.29, 0.717) is 6.42 Å². The van der Waals surface area contributed by atoms with Gasteiger partial charge < -0.3 is 10.2 Å². The molecule has 0 bridgehead atoms. The summed E-state index contributed by atoms with van der Waals surface area (Å²) in [6.07, 6.45) is 3.32. The molecule has 1 N–H and O–H groups in total. The van der Waals surface area contributed by atoms with Crippen LogP contribution in [0.2, 0.25) is 0 Å². The second kappa shape index (κ2) is 4.98. The number of rotatable bonds is 2. The fraction of sp³-hybridized carbons (Fsp3) is 0.800. The Morgan fingerprint density at radius 2 is 2.14 bits per heavy atom. The van der Waals surface area contributed by atoms with E-state index in [1.807, 2.05) is 6.92 Å². The molecule has 4 heteroatoms. The molecule has 1 aliphatic rings. The van der Waals surface area contributed by atoms with Crippen molar-refractivity contribution in [2.24, 2.45) is 0 Å². The summed E-state index contributed by atoms with van der Waals surface area (Å²) in [4.78, 5) is 24.7. The number of likely N-dealkylation sites (N-methyl/N-ethyl adjacent to an activating group) is 1. The second-order valence-corrected chi connectivity index (χ2v) is 3.57. The number of likely N-dealkylation sites (tertiary alicyclic amines) is 1. The van der Waals surface area contributed by atoms with E-state index >= 15 is 0 Å². The molecule has 14 heavy (non-hydrogen) atoms. The first-order valence-corrected chi connectivity index (χ1v) is 5.21. The van der Waals surface area contributed by atoms with E-state index in [2.05, 4.69) is 5.32 Å². The summed E-state index contributed by atoms with van der Waals surface area (Å²) in [6, 6.07) is -0.235. The number of hydrogen-bond donors (Lipinski definition) is 1. The van der Waals surface area contributed by atoms with Crippen molar-refractivity contribution in [3.63, 3.8) is 0 Å². The Kier molecular flexibility index (Phi) is 3.92. The number of piperidine rings is 1. The summed E-state index contributed by atoms with van der Waals surface area (Å²) in [5.41, 5.74) is 0. The molecule has 4 nitrogen and oxygen atoms in total. The number of carbonyl (C=O) groups is 2. The number of nitrogens with zero attached hydrogens (tertiary/aromatic N) is 1. The van der Waals surface area contributed by atoms with Gasteiger partial charge in [0.25, 0.3) is 0 Å². The molecular weight excluding hydrogens is 180 g/mol. The summed E-state index contributed by atoms with van der Waals surface area (Å²) < 4.78 is 0. The third-order valence-electron chi connectivity index (χ3n) is 2.67. The molecule has 0 spiro atoms. The molecule has 1 aliphatic heterocycles. The van der Waals surface area contributed by atoms with E-state index < -0.39 is 0 Å². The summed E-state index contributed by atoms with van der Waals surface area (Å²) in [5.74, 6) is 0.0461. The van der Waals surface area contributed by atoms with Crippen LogP contribution in [0.3, 0.4) is 0 Å². The van der Waals surface area contributed by atoms with Gasteiger partial charge in [-0.2, -0.15) is 0 Å². The van der Waals surface area contributed by atoms with Crippen LogP contribution in [0.1, 0.15) is 32.6 Å². The molecule has 80 valence electrons. The van der Waals surface area contributed by atoms with Crippen molar-refractivity contribution in [2.75, 3.05) is 13.6 Å². The van der Waals surface area contributed by atoms with Crippen LogP contribution in [-0.4, -0.2) is 36.3 Å². The molecule has 1 fully saturated rings. The highest BCUT2D eigenvalue weighted by molar-refractivity contribution is 5.87. The molecular formula is C10H18N2O2. The monoisotopic (exact) mass is 198 g/mol. The third kappa shape index (κ3) is 2.25. The third-order valence-corrected chi connectivity index (χ3v) is 2.67. The van der Waals surface area contributed by atoms with E-state index in [-0.39, 0.29) is 17.9 Å². The molecule has 2 amide bonds. The molecule has 1 atom stereocenters. The van der Waals surface area contributed by atoms with Crippen molar-refractivity contribution in [2.45, 2.75) is 38.6 Å². The van der Waals surface area contributed by atoms with Crippen LogP contribution in [0.5, 0.6) is 0 Å². The van der Waals surface area contributed by atoms with Crippen molar-refractivity contribution in [3.8, 4) is 0 Å². The fourth-order valence-corrected chi connectivity index (χ4v) is 1.87. The normalized spacial score (nSPS) is 21.9. The predicted molar refractivity (Wildman–Crippen MR) is 53.7 cm³/mol. The van der Waals surface area contributed by atoms with Gasteiger partial charge in [0.1, 0.15) is 6.04 Å². The summed E-state index contributed by atoms with van der Waals surface area (Å²) >= 11 is 0. The first-order valence-electron chi connectivity index (χ1n) is 5.21. The van der Waals surface area contributed by atoms with Crippen LogP contribution in [-0.2, 0) is 9.59 Å². The van der Waals surface area contributed by atoms with Crippen LogP contribution in [0.25, 0.3) is 0 Å². The Hall–Kier alpha value is -1.06. The smallest absolute Gasteiger partial charge is 0.242 e. The molecule has 1 heterocycles. The number of amides is 2. The van der Waals surface area contributed by atoms with Gasteiger partial charge in [-0.05, 0) is 19.3 Å². The van der Waals surface area contributed by atoms with Crippen LogP contribution >= 0.6 is 0 Å². The fourth-order valence-electron chi connectivity index (χ4n) is 1.87. The quantitative estimate of drug-likeness (QED) is 0.703. The van der Waals surface area contributed by atoms with Gasteiger partial charge in [0, 0.05) is 20.0 Å². The molecule has 1 rings (SSSR count). The minimum absolute atomic E-state index is 0.0356. The molecule has 0 aromatic carbocycles. The zero-order valence-electron chi connectivity index (χ0n) is 8.88. The van der Waals surface area contributed by atoms with Gasteiger partial charge in [-0.3, -0.25) is 9.59 Å². The van der Waals surface area contributed by atoms with Crippen LogP contribution in [0, 0.1) is 0 Å². The zero-order valence-corrected chi connectivity index (χ0v) is 8.88. The van der Waals surface area contributed by atoms with Gasteiger partial charge in [0.15, 0.2) is 0 Å². The first-order chi connectivity index (χ1) is 6.70. The highest BCUT2D eigenvalue weighted by Gasteiger charge is 2.30. The molecule has 0 radical (unpaired) electrons. The number of nitrogens with one attached hydrogen (secondary N) is 1. The molecule has 0 saturated carbocycles. The minimum atomic E-state index is -0.235. The maximum Gasteiger partial charge on any atom is 0.242 e. The van der Waals surface area contributed by atoms with E-state index in [1.165, 1.54) is 0 Å². The van der Waals surface area contributed by atoms with Crippen molar-refractivity contribution in [3.05, 3.63) is 0 Å². The molecule has 0 aromatic heterocycles. The Labute approximate surface area is 84.7 Å². The van der Waals surface area contributed by atoms with Gasteiger partial charge in [0.05, 0.1) is 0 Å². The lowest BCUT2D eigenvalue weighted by atomic mass is 10.0. The average Bonchev–Trinajstić information content (AvgIpc) is 2.27. The Bertz CT molecular complexity index is 204. The van der Waals surface area contributed by atoms with Crippen LogP contribution in [0.15, 0.2) is 0 Å². The Morgan fingerprint density at radius 1 is 1.43 bits per heavy atom. The molecule has 0 aromatic rings. The van der Waals surface area contributed by atoms with E-state index in [1.54, 1.807) is 11.9 Å². The molecule has 0 aliphatic carbocycles. The Balaban J connectivity index is 2.68. The highest BCUT2D eigenvalue weighted by Crippen LogP contribution is 2.17. The first kappa shape index (κ1) is 11.0. The van der Waals surface area contributed by atoms with Gasteiger partial charge in [-0.25, -0.2) is 0 Å². The largest absolute Gasteiger partial charge is 0.357 e. The standard InChI is InChI=1S/C10H18N2O2/c1-3-9(13)12-7-5-4-6-8(12)10(14)11-2/h8H,3-7H2,1-2H3,(H,11,14). The lowest BCUT2D eigenvalue weighted by molar-refractivity contribution is -0.141. The maximum atomic E-state index is 11.5. The second-order valence-electron chi connectivity index (χ2n) is 3.57. The van der Waals surface area contributed by atoms with Crippen molar-refractivity contribution in [1.29, 1.82) is 0 Å². The summed E-state index contributed by atoms with van der Waals surface area (Å²) in [6.45, 7) is 2.56. The number of hydrogen-bond acceptors (Lipinski definition) is 2. The lowest BCUT2D eigenvalue weighted by Crippen LogP contribution is -2.51. The predicted octanol–water partition coefficient (Wildman–Crippen LogP) is 0.523. The minimum Gasteiger partial charge on any atom is -0.357 e. The summed E-state index contributed by atoms with van der Waals surface area (Å²) in [7, 11) is 1.62. The number of carbonyl (C=O) groups excluding carboxylic acids is 2. The van der Waals surface area contributed by atoms with E-state index in [4.69, 9.17) is 0 Å². The molecule has 1 unspecified atom stereocenters. The van der Waals surface area contributed by atoms with Gasteiger partial charge >= 0.3 is 0 Å². The average molecular weight is 198 g/mol.